The second kappa shape index (κ2) is 9.60. The van der Waals surface area contributed by atoms with Gasteiger partial charge in [-0.05, 0) is 55.5 Å². The molecule has 1 amide bonds. The van der Waals surface area contributed by atoms with E-state index in [-0.39, 0.29) is 11.7 Å². The summed E-state index contributed by atoms with van der Waals surface area (Å²) in [6, 6.07) is 20.7. The molecule has 6 heteroatoms. The number of anilines is 1. The highest BCUT2D eigenvalue weighted by Gasteiger charge is 2.18. The highest BCUT2D eigenvalue weighted by Crippen LogP contribution is 2.23. The van der Waals surface area contributed by atoms with E-state index in [1.165, 1.54) is 7.11 Å². The number of methoxy groups -OCH3 is 2. The number of hydrogen-bond donors (Lipinski definition) is 1. The molecule has 6 nitrogen and oxygen atoms in total. The molecule has 1 atom stereocenters. The van der Waals surface area contributed by atoms with Crippen molar-refractivity contribution in [2.45, 2.75) is 13.0 Å². The lowest BCUT2D eigenvalue weighted by molar-refractivity contribution is 0.0818. The fourth-order valence-electron chi connectivity index (χ4n) is 2.93. The molecule has 0 fully saturated rings. The maximum absolute atomic E-state index is 12.6. The summed E-state index contributed by atoms with van der Waals surface area (Å²) in [4.78, 5) is 25.2. The Morgan fingerprint density at radius 1 is 0.833 bits per heavy atom. The zero-order valence-corrected chi connectivity index (χ0v) is 17.0. The van der Waals surface area contributed by atoms with Gasteiger partial charge in [-0.3, -0.25) is 9.59 Å². The van der Waals surface area contributed by atoms with Gasteiger partial charge in [0.05, 0.1) is 19.8 Å². The van der Waals surface area contributed by atoms with Gasteiger partial charge in [0, 0.05) is 17.3 Å². The van der Waals surface area contributed by atoms with Crippen LogP contribution in [0.5, 0.6) is 17.2 Å². The fraction of sp³-hybridized carbons (Fsp3) is 0.167. The van der Waals surface area contributed by atoms with Crippen molar-refractivity contribution in [3.8, 4) is 17.2 Å². The molecular formula is C24H23NO5. The first-order chi connectivity index (χ1) is 14.5. The summed E-state index contributed by atoms with van der Waals surface area (Å²) < 4.78 is 16.1. The first kappa shape index (κ1) is 20.9. The van der Waals surface area contributed by atoms with E-state index in [2.05, 4.69) is 5.32 Å². The number of nitrogens with one attached hydrogen (secondary N) is 1. The number of hydrogen-bond acceptors (Lipinski definition) is 5. The van der Waals surface area contributed by atoms with Crippen molar-refractivity contribution >= 4 is 17.4 Å². The van der Waals surface area contributed by atoms with E-state index in [4.69, 9.17) is 14.2 Å². The number of ether oxygens (including phenoxy) is 3. The average molecular weight is 405 g/mol. The van der Waals surface area contributed by atoms with E-state index in [9.17, 15) is 9.59 Å². The second-order valence-corrected chi connectivity index (χ2v) is 6.54. The Balaban J connectivity index is 1.68. The van der Waals surface area contributed by atoms with Crippen molar-refractivity contribution in [3.63, 3.8) is 0 Å². The van der Waals surface area contributed by atoms with Crippen LogP contribution in [0.3, 0.4) is 0 Å². The van der Waals surface area contributed by atoms with Crippen LogP contribution in [0.1, 0.15) is 27.6 Å². The van der Waals surface area contributed by atoms with Crippen LogP contribution in [0, 0.1) is 0 Å². The van der Waals surface area contributed by atoms with Crippen molar-refractivity contribution in [1.82, 2.24) is 0 Å². The molecule has 0 aliphatic rings. The average Bonchev–Trinajstić information content (AvgIpc) is 2.78. The van der Waals surface area contributed by atoms with E-state index < -0.39 is 6.10 Å². The van der Waals surface area contributed by atoms with Gasteiger partial charge in [-0.1, -0.05) is 18.2 Å². The standard InChI is InChI=1S/C24H23NO5/c1-16(23(26)17-11-13-19(28-2)14-12-17)30-20-8-6-7-18(15-20)25-24(27)21-9-4-5-10-22(21)29-3/h4-16H,1-3H3,(H,25,27). The molecule has 154 valence electrons. The number of carbonyl (C=O) groups is 2. The molecule has 0 bridgehead atoms. The van der Waals surface area contributed by atoms with Gasteiger partial charge in [-0.2, -0.15) is 0 Å². The summed E-state index contributed by atoms with van der Waals surface area (Å²) in [5.41, 5.74) is 1.51. The Morgan fingerprint density at radius 3 is 2.27 bits per heavy atom. The highest BCUT2D eigenvalue weighted by molar-refractivity contribution is 6.06. The predicted octanol–water partition coefficient (Wildman–Crippen LogP) is 4.61. The lowest BCUT2D eigenvalue weighted by atomic mass is 10.1. The van der Waals surface area contributed by atoms with E-state index in [0.29, 0.717) is 34.1 Å². The summed E-state index contributed by atoms with van der Waals surface area (Å²) in [5.74, 6) is 1.19. The maximum atomic E-state index is 12.6. The van der Waals surface area contributed by atoms with Gasteiger partial charge < -0.3 is 19.5 Å². The molecule has 0 aromatic heterocycles. The maximum Gasteiger partial charge on any atom is 0.259 e. The molecule has 3 rings (SSSR count). The Morgan fingerprint density at radius 2 is 1.57 bits per heavy atom. The van der Waals surface area contributed by atoms with E-state index in [0.717, 1.165) is 0 Å². The molecule has 3 aromatic rings. The van der Waals surface area contributed by atoms with Crippen molar-refractivity contribution in [1.29, 1.82) is 0 Å². The topological polar surface area (TPSA) is 73.9 Å². The molecule has 0 aliphatic heterocycles. The van der Waals surface area contributed by atoms with Crippen molar-refractivity contribution in [3.05, 3.63) is 83.9 Å². The largest absolute Gasteiger partial charge is 0.497 e. The minimum atomic E-state index is -0.696. The number of para-hydroxylation sites is 1. The van der Waals surface area contributed by atoms with Gasteiger partial charge >= 0.3 is 0 Å². The zero-order chi connectivity index (χ0) is 21.5. The van der Waals surface area contributed by atoms with Crippen LogP contribution in [0.15, 0.2) is 72.8 Å². The normalized spacial score (nSPS) is 11.3. The number of ketones is 1. The zero-order valence-electron chi connectivity index (χ0n) is 17.0. The number of carbonyl (C=O) groups excluding carboxylic acids is 2. The second-order valence-electron chi connectivity index (χ2n) is 6.54. The quantitative estimate of drug-likeness (QED) is 0.554. The Bertz CT molecular complexity index is 1030. The third-order valence-corrected chi connectivity index (χ3v) is 4.50. The van der Waals surface area contributed by atoms with E-state index in [1.54, 1.807) is 86.8 Å². The number of Topliss-reactive ketones (excluding diaryl/α,β-unsaturated/α-hetero) is 1. The van der Waals surface area contributed by atoms with E-state index in [1.807, 2.05) is 0 Å². The minimum Gasteiger partial charge on any atom is -0.497 e. The van der Waals surface area contributed by atoms with Crippen molar-refractivity contribution in [2.24, 2.45) is 0 Å². The van der Waals surface area contributed by atoms with Gasteiger partial charge in [0.15, 0.2) is 6.10 Å². The molecule has 0 spiro atoms. The molecule has 1 unspecified atom stereocenters. The van der Waals surface area contributed by atoms with Crippen molar-refractivity contribution in [2.75, 3.05) is 19.5 Å². The smallest absolute Gasteiger partial charge is 0.259 e. The van der Waals surface area contributed by atoms with Gasteiger partial charge in [-0.15, -0.1) is 0 Å². The van der Waals surface area contributed by atoms with Gasteiger partial charge in [0.2, 0.25) is 5.78 Å². The van der Waals surface area contributed by atoms with Crippen LogP contribution in [0.25, 0.3) is 0 Å². The third-order valence-electron chi connectivity index (χ3n) is 4.50. The summed E-state index contributed by atoms with van der Waals surface area (Å²) in [6.07, 6.45) is -0.696. The summed E-state index contributed by atoms with van der Waals surface area (Å²) in [7, 11) is 3.09. The summed E-state index contributed by atoms with van der Waals surface area (Å²) >= 11 is 0. The van der Waals surface area contributed by atoms with Gasteiger partial charge in [0.1, 0.15) is 17.2 Å². The number of benzene rings is 3. The molecule has 30 heavy (non-hydrogen) atoms. The van der Waals surface area contributed by atoms with Crippen LogP contribution >= 0.6 is 0 Å². The highest BCUT2D eigenvalue weighted by atomic mass is 16.5. The third kappa shape index (κ3) is 4.97. The number of rotatable bonds is 8. The Hall–Kier alpha value is -3.80. The minimum absolute atomic E-state index is 0.152. The molecule has 0 radical (unpaired) electrons. The van der Waals surface area contributed by atoms with Gasteiger partial charge in [0.25, 0.3) is 5.91 Å². The molecule has 0 saturated heterocycles. The van der Waals surface area contributed by atoms with Crippen LogP contribution < -0.4 is 19.5 Å². The summed E-state index contributed by atoms with van der Waals surface area (Å²) in [5, 5.41) is 2.82. The van der Waals surface area contributed by atoms with Crippen LogP contribution in [-0.2, 0) is 0 Å². The SMILES string of the molecule is COc1ccc(C(=O)C(C)Oc2cccc(NC(=O)c3ccccc3OC)c2)cc1. The Kier molecular flexibility index (Phi) is 6.70. The Labute approximate surface area is 175 Å². The summed E-state index contributed by atoms with van der Waals surface area (Å²) in [6.45, 7) is 1.69. The first-order valence-electron chi connectivity index (χ1n) is 9.41. The lowest BCUT2D eigenvalue weighted by Crippen LogP contribution is -2.24. The number of amides is 1. The monoisotopic (exact) mass is 405 g/mol. The molecule has 1 N–H and O–H groups in total. The molecule has 0 heterocycles. The fourth-order valence-corrected chi connectivity index (χ4v) is 2.93. The molecule has 3 aromatic carbocycles. The van der Waals surface area contributed by atoms with E-state index >= 15 is 0 Å². The van der Waals surface area contributed by atoms with Crippen LogP contribution in [-0.4, -0.2) is 32.0 Å². The van der Waals surface area contributed by atoms with Crippen LogP contribution in [0.2, 0.25) is 0 Å². The van der Waals surface area contributed by atoms with Crippen molar-refractivity contribution < 1.29 is 23.8 Å². The first-order valence-corrected chi connectivity index (χ1v) is 9.41. The molecule has 0 saturated carbocycles. The predicted molar refractivity (Wildman–Crippen MR) is 115 cm³/mol. The van der Waals surface area contributed by atoms with Gasteiger partial charge in [-0.25, -0.2) is 0 Å². The lowest BCUT2D eigenvalue weighted by Gasteiger charge is -2.15. The molecule has 0 aliphatic carbocycles. The van der Waals surface area contributed by atoms with Crippen LogP contribution in [0.4, 0.5) is 5.69 Å². The molecular weight excluding hydrogens is 382 g/mol.